The van der Waals surface area contributed by atoms with Crippen molar-refractivity contribution in [2.24, 2.45) is 17.8 Å². The van der Waals surface area contributed by atoms with Gasteiger partial charge in [-0.05, 0) is 50.5 Å². The Labute approximate surface area is 187 Å². The van der Waals surface area contributed by atoms with Crippen LogP contribution in [0.2, 0.25) is 0 Å². The van der Waals surface area contributed by atoms with Gasteiger partial charge in [0.15, 0.2) is 0 Å². The molecule has 3 fully saturated rings. The van der Waals surface area contributed by atoms with Crippen LogP contribution in [0.15, 0.2) is 24.3 Å². The summed E-state index contributed by atoms with van der Waals surface area (Å²) in [6.45, 7) is 5.37. The monoisotopic (exact) mass is 446 g/mol. The molecule has 3 saturated heterocycles. The Morgan fingerprint density at radius 3 is 2.59 bits per heavy atom. The summed E-state index contributed by atoms with van der Waals surface area (Å²) < 4.78 is 16.9. The van der Waals surface area contributed by atoms with Crippen molar-refractivity contribution in [2.45, 2.75) is 44.4 Å². The summed E-state index contributed by atoms with van der Waals surface area (Å²) >= 11 is 0. The van der Waals surface area contributed by atoms with Crippen LogP contribution in [0.1, 0.15) is 27.2 Å². The number of nitrogens with one attached hydrogen (secondary N) is 1. The van der Waals surface area contributed by atoms with Crippen molar-refractivity contribution in [1.29, 1.82) is 0 Å². The van der Waals surface area contributed by atoms with Gasteiger partial charge in [0, 0.05) is 12.2 Å². The molecule has 6 atom stereocenters. The minimum atomic E-state index is -1.16. The molecule has 3 aliphatic heterocycles. The predicted molar refractivity (Wildman–Crippen MR) is 114 cm³/mol. The number of amides is 2. The number of likely N-dealkylation sites (tertiary alicyclic amines) is 1. The standard InChI is InChI=1S/C23H30N2O7/c1-5-31-21(29)17-16-20(28)25(10-11-26)18(23(16)12-13(2)22(17,3)32-23)19(27)24-14-6-8-15(30-4)9-7-14/h6-9,13,16-18,26H,5,10-12H2,1-4H3,(H,24,27)/t13?,16-,17-,18?,22+,23?/m0/s1. The van der Waals surface area contributed by atoms with Gasteiger partial charge in [-0.15, -0.1) is 0 Å². The number of methoxy groups -OCH3 is 1. The molecule has 2 amide bonds. The molecule has 1 aromatic rings. The summed E-state index contributed by atoms with van der Waals surface area (Å²) in [6, 6.07) is 5.88. The van der Waals surface area contributed by atoms with Gasteiger partial charge in [-0.3, -0.25) is 14.4 Å². The minimum Gasteiger partial charge on any atom is -0.497 e. The molecule has 32 heavy (non-hydrogen) atoms. The molecule has 0 radical (unpaired) electrons. The summed E-state index contributed by atoms with van der Waals surface area (Å²) in [5, 5.41) is 12.5. The van der Waals surface area contributed by atoms with Crippen molar-refractivity contribution in [3.8, 4) is 5.75 Å². The van der Waals surface area contributed by atoms with Crippen molar-refractivity contribution in [2.75, 3.05) is 32.2 Å². The molecular weight excluding hydrogens is 416 g/mol. The molecule has 174 valence electrons. The van der Waals surface area contributed by atoms with Gasteiger partial charge in [0.2, 0.25) is 11.8 Å². The van der Waals surface area contributed by atoms with E-state index in [1.165, 1.54) is 4.90 Å². The first-order valence-corrected chi connectivity index (χ1v) is 11.0. The van der Waals surface area contributed by atoms with E-state index in [2.05, 4.69) is 5.32 Å². The Kier molecular flexibility index (Phi) is 5.67. The summed E-state index contributed by atoms with van der Waals surface area (Å²) in [4.78, 5) is 41.3. The highest BCUT2D eigenvalue weighted by Crippen LogP contribution is 2.65. The summed E-state index contributed by atoms with van der Waals surface area (Å²) in [6.07, 6.45) is 0.457. The van der Waals surface area contributed by atoms with Crippen LogP contribution in [0.4, 0.5) is 5.69 Å². The number of carbonyl (C=O) groups excluding carboxylic acids is 3. The number of benzene rings is 1. The van der Waals surface area contributed by atoms with Crippen LogP contribution in [0.25, 0.3) is 0 Å². The van der Waals surface area contributed by atoms with Crippen LogP contribution in [0.5, 0.6) is 5.75 Å². The van der Waals surface area contributed by atoms with Gasteiger partial charge >= 0.3 is 5.97 Å². The van der Waals surface area contributed by atoms with Gasteiger partial charge in [-0.25, -0.2) is 0 Å². The molecule has 1 aromatic carbocycles. The number of anilines is 1. The van der Waals surface area contributed by atoms with E-state index in [-0.39, 0.29) is 31.6 Å². The Hall–Kier alpha value is -2.65. The lowest BCUT2D eigenvalue weighted by molar-refractivity contribution is -0.161. The van der Waals surface area contributed by atoms with Gasteiger partial charge < -0.3 is 29.5 Å². The lowest BCUT2D eigenvalue weighted by Crippen LogP contribution is -2.54. The van der Waals surface area contributed by atoms with Crippen molar-refractivity contribution in [1.82, 2.24) is 4.90 Å². The van der Waals surface area contributed by atoms with Gasteiger partial charge in [0.1, 0.15) is 23.3 Å². The van der Waals surface area contributed by atoms with Crippen LogP contribution in [0.3, 0.4) is 0 Å². The number of rotatable bonds is 7. The zero-order valence-corrected chi connectivity index (χ0v) is 18.8. The normalized spacial score (nSPS) is 35.0. The number of aliphatic hydroxyl groups is 1. The van der Waals surface area contributed by atoms with E-state index in [4.69, 9.17) is 14.2 Å². The van der Waals surface area contributed by atoms with Crippen LogP contribution < -0.4 is 10.1 Å². The number of esters is 1. The topological polar surface area (TPSA) is 114 Å². The average molecular weight is 447 g/mol. The molecule has 4 rings (SSSR count). The highest BCUT2D eigenvalue weighted by Gasteiger charge is 2.80. The zero-order chi connectivity index (χ0) is 23.3. The molecule has 3 heterocycles. The van der Waals surface area contributed by atoms with Gasteiger partial charge in [0.05, 0.1) is 31.8 Å². The first-order valence-electron chi connectivity index (χ1n) is 11.0. The third kappa shape index (κ3) is 3.09. The quantitative estimate of drug-likeness (QED) is 0.605. The lowest BCUT2D eigenvalue weighted by Gasteiger charge is -2.35. The maximum absolute atomic E-state index is 13.5. The van der Waals surface area contributed by atoms with Crippen LogP contribution >= 0.6 is 0 Å². The first kappa shape index (κ1) is 22.5. The number of ether oxygens (including phenoxy) is 3. The van der Waals surface area contributed by atoms with Crippen LogP contribution in [0, 0.1) is 17.8 Å². The van der Waals surface area contributed by atoms with Gasteiger partial charge in [-0.2, -0.15) is 0 Å². The number of hydrogen-bond acceptors (Lipinski definition) is 7. The molecule has 0 aromatic heterocycles. The van der Waals surface area contributed by atoms with E-state index < -0.39 is 41.0 Å². The van der Waals surface area contributed by atoms with Crippen molar-refractivity contribution >= 4 is 23.5 Å². The van der Waals surface area contributed by atoms with E-state index in [1.54, 1.807) is 38.3 Å². The molecule has 0 saturated carbocycles. The van der Waals surface area contributed by atoms with E-state index >= 15 is 0 Å². The number of nitrogens with zero attached hydrogens (tertiary/aromatic N) is 1. The van der Waals surface area contributed by atoms with Crippen LogP contribution in [-0.2, 0) is 23.9 Å². The largest absolute Gasteiger partial charge is 0.497 e. The molecule has 0 aliphatic carbocycles. The second-order valence-electron chi connectivity index (χ2n) is 8.93. The number of fused-ring (bicyclic) bond motifs is 1. The Balaban J connectivity index is 1.72. The molecule has 2 N–H and O–H groups in total. The second-order valence-corrected chi connectivity index (χ2v) is 8.93. The molecule has 2 bridgehead atoms. The molecule has 3 unspecified atom stereocenters. The summed E-state index contributed by atoms with van der Waals surface area (Å²) in [5.41, 5.74) is -1.52. The fraction of sp³-hybridized carbons (Fsp3) is 0.609. The Morgan fingerprint density at radius 2 is 2.00 bits per heavy atom. The van der Waals surface area contributed by atoms with Crippen molar-refractivity contribution in [3.63, 3.8) is 0 Å². The van der Waals surface area contributed by atoms with E-state index in [1.807, 2.05) is 13.8 Å². The first-order chi connectivity index (χ1) is 15.2. The Bertz CT molecular complexity index is 919. The molecular formula is C23H30N2O7. The SMILES string of the molecule is CCOC(=O)[C@@H]1[C@H]2C(=O)N(CCO)C(C(=O)Nc3ccc(OC)cc3)C23CC(C)[C@@]1(C)O3. The molecule has 3 aliphatic rings. The molecule has 9 nitrogen and oxygen atoms in total. The summed E-state index contributed by atoms with van der Waals surface area (Å²) in [5.74, 6) is -2.31. The van der Waals surface area contributed by atoms with E-state index in [0.717, 1.165) is 0 Å². The number of aliphatic hydroxyl groups excluding tert-OH is 1. The maximum atomic E-state index is 13.5. The second kappa shape index (κ2) is 8.04. The lowest BCUT2D eigenvalue weighted by atomic mass is 9.62. The van der Waals surface area contributed by atoms with E-state index in [0.29, 0.717) is 17.9 Å². The smallest absolute Gasteiger partial charge is 0.312 e. The molecule has 9 heteroatoms. The van der Waals surface area contributed by atoms with Crippen molar-refractivity contribution in [3.05, 3.63) is 24.3 Å². The third-order valence-corrected chi connectivity index (χ3v) is 7.30. The highest BCUT2D eigenvalue weighted by atomic mass is 16.6. The maximum Gasteiger partial charge on any atom is 0.312 e. The van der Waals surface area contributed by atoms with E-state index in [9.17, 15) is 19.5 Å². The highest BCUT2D eigenvalue weighted by molar-refractivity contribution is 6.03. The average Bonchev–Trinajstić information content (AvgIpc) is 3.26. The predicted octanol–water partition coefficient (Wildman–Crippen LogP) is 1.20. The third-order valence-electron chi connectivity index (χ3n) is 7.30. The number of carbonyl (C=O) groups is 3. The minimum absolute atomic E-state index is 0.0260. The fourth-order valence-corrected chi connectivity index (χ4v) is 5.86. The van der Waals surface area contributed by atoms with Gasteiger partial charge in [-0.1, -0.05) is 6.92 Å². The fourth-order valence-electron chi connectivity index (χ4n) is 5.86. The number of β-amino-alcohol motifs (C(OH)–C–C–N with tert-alkyl or cyclic N) is 1. The summed E-state index contributed by atoms with van der Waals surface area (Å²) in [7, 11) is 1.56. The number of hydrogen-bond donors (Lipinski definition) is 2. The Morgan fingerprint density at radius 1 is 1.31 bits per heavy atom. The van der Waals surface area contributed by atoms with Gasteiger partial charge in [0.25, 0.3) is 0 Å². The van der Waals surface area contributed by atoms with Crippen LogP contribution in [-0.4, -0.2) is 71.9 Å². The molecule has 1 spiro atoms. The zero-order valence-electron chi connectivity index (χ0n) is 18.8. The van der Waals surface area contributed by atoms with Crippen molar-refractivity contribution < 1.29 is 33.7 Å².